The summed E-state index contributed by atoms with van der Waals surface area (Å²) in [6.07, 6.45) is 0.738. The normalized spacial score (nSPS) is 13.9. The quantitative estimate of drug-likeness (QED) is 0.756. The molecule has 1 atom stereocenters. The Morgan fingerprint density at radius 1 is 1.20 bits per heavy atom. The minimum atomic E-state index is -1.55. The second-order valence-electron chi connectivity index (χ2n) is 3.41. The molecule has 1 N–H and O–H groups in total. The van der Waals surface area contributed by atoms with Gasteiger partial charge in [-0.3, -0.25) is 0 Å². The number of hydrogen-bond donors (Lipinski definition) is 1. The average Bonchev–Trinajstić information content (AvgIpc) is 2.31. The van der Waals surface area contributed by atoms with Gasteiger partial charge in [-0.1, -0.05) is 37.3 Å². The van der Waals surface area contributed by atoms with Crippen molar-refractivity contribution in [2.24, 2.45) is 0 Å². The molecule has 0 bridgehead atoms. The van der Waals surface area contributed by atoms with Crippen LogP contribution in [0.25, 0.3) is 0 Å². The van der Waals surface area contributed by atoms with E-state index < -0.39 is 5.97 Å². The van der Waals surface area contributed by atoms with Gasteiger partial charge in [-0.15, -0.1) is 0 Å². The van der Waals surface area contributed by atoms with Crippen molar-refractivity contribution in [1.82, 2.24) is 0 Å². The molecule has 0 heterocycles. The largest absolute Gasteiger partial charge is 0.343 e. The van der Waals surface area contributed by atoms with E-state index in [0.29, 0.717) is 0 Å². The average molecular weight is 210 g/mol. The molecule has 1 aromatic rings. The van der Waals surface area contributed by atoms with Gasteiger partial charge in [-0.05, 0) is 12.0 Å². The van der Waals surface area contributed by atoms with Gasteiger partial charge >= 0.3 is 0 Å². The summed E-state index contributed by atoms with van der Waals surface area (Å²) in [4.78, 5) is 0. The van der Waals surface area contributed by atoms with E-state index >= 15 is 0 Å². The number of methoxy groups -OCH3 is 2. The summed E-state index contributed by atoms with van der Waals surface area (Å²) in [6.45, 7) is 1.99. The predicted octanol–water partition coefficient (Wildman–Crippen LogP) is 2.12. The highest BCUT2D eigenvalue weighted by Crippen LogP contribution is 2.32. The summed E-state index contributed by atoms with van der Waals surface area (Å²) in [5, 5.41) is 10.1. The first-order valence-corrected chi connectivity index (χ1v) is 5.05. The molecule has 0 fully saturated rings. The van der Waals surface area contributed by atoms with Crippen LogP contribution in [0.1, 0.15) is 24.8 Å². The van der Waals surface area contributed by atoms with Crippen molar-refractivity contribution in [2.45, 2.75) is 25.2 Å². The molecule has 1 rings (SSSR count). The van der Waals surface area contributed by atoms with E-state index in [1.807, 2.05) is 37.3 Å². The molecule has 15 heavy (non-hydrogen) atoms. The Kier molecular flexibility index (Phi) is 4.27. The Morgan fingerprint density at radius 3 is 2.13 bits per heavy atom. The molecule has 0 aliphatic rings. The van der Waals surface area contributed by atoms with Crippen molar-refractivity contribution in [3.63, 3.8) is 0 Å². The zero-order valence-electron chi connectivity index (χ0n) is 9.43. The third-order valence-electron chi connectivity index (χ3n) is 2.64. The fourth-order valence-corrected chi connectivity index (χ4v) is 1.76. The van der Waals surface area contributed by atoms with Crippen LogP contribution in [-0.2, 0) is 9.47 Å². The third kappa shape index (κ3) is 2.56. The molecule has 0 spiro atoms. The van der Waals surface area contributed by atoms with Crippen molar-refractivity contribution >= 4 is 0 Å². The zero-order chi connectivity index (χ0) is 11.3. The second kappa shape index (κ2) is 5.26. The van der Waals surface area contributed by atoms with E-state index in [9.17, 15) is 5.11 Å². The molecular formula is C12H18O3. The van der Waals surface area contributed by atoms with Gasteiger partial charge in [-0.25, -0.2) is 0 Å². The van der Waals surface area contributed by atoms with E-state index in [1.165, 1.54) is 14.2 Å². The standard InChI is InChI=1S/C12H18O3/c1-4-11(12(13,14-2)15-3)10-8-6-5-7-9-10/h5-9,11,13H,4H2,1-3H3. The maximum absolute atomic E-state index is 10.1. The van der Waals surface area contributed by atoms with Crippen molar-refractivity contribution in [3.05, 3.63) is 35.9 Å². The van der Waals surface area contributed by atoms with Crippen LogP contribution in [0.3, 0.4) is 0 Å². The van der Waals surface area contributed by atoms with E-state index in [0.717, 1.165) is 12.0 Å². The van der Waals surface area contributed by atoms with E-state index in [-0.39, 0.29) is 5.92 Å². The molecule has 3 nitrogen and oxygen atoms in total. The van der Waals surface area contributed by atoms with E-state index in [4.69, 9.17) is 9.47 Å². The fourth-order valence-electron chi connectivity index (χ4n) is 1.76. The Bertz CT molecular complexity index is 280. The Labute approximate surface area is 90.6 Å². The van der Waals surface area contributed by atoms with Crippen LogP contribution in [0.4, 0.5) is 0 Å². The highest BCUT2D eigenvalue weighted by atomic mass is 16.8. The monoisotopic (exact) mass is 210 g/mol. The van der Waals surface area contributed by atoms with Gasteiger partial charge in [0.15, 0.2) is 0 Å². The molecule has 0 aliphatic carbocycles. The maximum Gasteiger partial charge on any atom is 0.287 e. The first-order chi connectivity index (χ1) is 7.18. The lowest BCUT2D eigenvalue weighted by Gasteiger charge is -2.32. The molecular weight excluding hydrogens is 192 g/mol. The van der Waals surface area contributed by atoms with Crippen molar-refractivity contribution in [1.29, 1.82) is 0 Å². The number of benzene rings is 1. The van der Waals surface area contributed by atoms with Gasteiger partial charge in [0.1, 0.15) is 0 Å². The molecule has 0 saturated heterocycles. The van der Waals surface area contributed by atoms with Crippen molar-refractivity contribution < 1.29 is 14.6 Å². The number of hydrogen-bond acceptors (Lipinski definition) is 3. The molecule has 3 heteroatoms. The van der Waals surface area contributed by atoms with Crippen LogP contribution in [-0.4, -0.2) is 25.3 Å². The molecule has 0 amide bonds. The molecule has 1 unspecified atom stereocenters. The van der Waals surface area contributed by atoms with Gasteiger partial charge in [0.2, 0.25) is 0 Å². The fraction of sp³-hybridized carbons (Fsp3) is 0.500. The van der Waals surface area contributed by atoms with Crippen LogP contribution in [0, 0.1) is 0 Å². The first-order valence-electron chi connectivity index (χ1n) is 5.05. The van der Waals surface area contributed by atoms with Crippen molar-refractivity contribution in [3.8, 4) is 0 Å². The SMILES string of the molecule is CCC(c1ccccc1)C(O)(OC)OC. The number of rotatable bonds is 5. The summed E-state index contributed by atoms with van der Waals surface area (Å²) >= 11 is 0. The number of ether oxygens (including phenoxy) is 2. The summed E-state index contributed by atoms with van der Waals surface area (Å²) < 4.78 is 10.1. The second-order valence-corrected chi connectivity index (χ2v) is 3.41. The highest BCUT2D eigenvalue weighted by molar-refractivity contribution is 5.20. The van der Waals surface area contributed by atoms with Crippen molar-refractivity contribution in [2.75, 3.05) is 14.2 Å². The molecule has 84 valence electrons. The molecule has 0 aromatic heterocycles. The lowest BCUT2D eigenvalue weighted by molar-refractivity contribution is -0.352. The topological polar surface area (TPSA) is 38.7 Å². The van der Waals surface area contributed by atoms with Crippen LogP contribution < -0.4 is 0 Å². The third-order valence-corrected chi connectivity index (χ3v) is 2.64. The summed E-state index contributed by atoms with van der Waals surface area (Å²) in [5.41, 5.74) is 1.01. The Morgan fingerprint density at radius 2 is 1.73 bits per heavy atom. The zero-order valence-corrected chi connectivity index (χ0v) is 9.43. The highest BCUT2D eigenvalue weighted by Gasteiger charge is 2.37. The van der Waals surface area contributed by atoms with Crippen LogP contribution in [0.15, 0.2) is 30.3 Å². The summed E-state index contributed by atoms with van der Waals surface area (Å²) in [7, 11) is 2.88. The Balaban J connectivity index is 2.98. The van der Waals surface area contributed by atoms with E-state index in [1.54, 1.807) is 0 Å². The van der Waals surface area contributed by atoms with Gasteiger partial charge < -0.3 is 14.6 Å². The molecule has 0 saturated carbocycles. The van der Waals surface area contributed by atoms with Gasteiger partial charge in [0.05, 0.1) is 5.92 Å². The molecule has 0 aliphatic heterocycles. The molecule has 0 radical (unpaired) electrons. The van der Waals surface area contributed by atoms with Gasteiger partial charge in [0.25, 0.3) is 5.97 Å². The van der Waals surface area contributed by atoms with Gasteiger partial charge in [0, 0.05) is 14.2 Å². The maximum atomic E-state index is 10.1. The minimum Gasteiger partial charge on any atom is -0.343 e. The lowest BCUT2D eigenvalue weighted by atomic mass is 9.94. The lowest BCUT2D eigenvalue weighted by Crippen LogP contribution is -2.40. The van der Waals surface area contributed by atoms with Crippen LogP contribution >= 0.6 is 0 Å². The first kappa shape index (κ1) is 12.2. The van der Waals surface area contributed by atoms with Crippen LogP contribution in [0.2, 0.25) is 0 Å². The van der Waals surface area contributed by atoms with Gasteiger partial charge in [-0.2, -0.15) is 0 Å². The smallest absolute Gasteiger partial charge is 0.287 e. The summed E-state index contributed by atoms with van der Waals surface area (Å²) in [6, 6.07) is 9.72. The summed E-state index contributed by atoms with van der Waals surface area (Å²) in [5.74, 6) is -1.73. The van der Waals surface area contributed by atoms with Crippen LogP contribution in [0.5, 0.6) is 0 Å². The van der Waals surface area contributed by atoms with E-state index in [2.05, 4.69) is 0 Å². The minimum absolute atomic E-state index is 0.186. The molecule has 1 aromatic carbocycles. The number of aliphatic hydroxyl groups is 1. The Hall–Kier alpha value is -0.900. The predicted molar refractivity (Wildman–Crippen MR) is 58.4 cm³/mol.